The Morgan fingerprint density at radius 1 is 1.25 bits per heavy atom. The molecule has 3 N–H and O–H groups in total. The molecule has 2 heterocycles. The molecular weight excluding hydrogens is 308 g/mol. The molecule has 7 nitrogen and oxygen atoms in total. The maximum atomic E-state index is 9.61. The third-order valence-corrected chi connectivity index (χ3v) is 4.21. The number of hydrogen-bond donors (Lipinski definition) is 2. The number of hydrogen-bond acceptors (Lipinski definition) is 6. The first-order valence-corrected chi connectivity index (χ1v) is 7.36. The summed E-state index contributed by atoms with van der Waals surface area (Å²) in [5, 5.41) is 16.6. The highest BCUT2D eigenvalue weighted by Crippen LogP contribution is 2.45. The Labute approximate surface area is 139 Å². The Balaban J connectivity index is 2.28. The van der Waals surface area contributed by atoms with E-state index in [0.29, 0.717) is 23.0 Å². The molecule has 0 bridgehead atoms. The summed E-state index contributed by atoms with van der Waals surface area (Å²) in [6.45, 7) is 3.84. The van der Waals surface area contributed by atoms with E-state index in [0.717, 1.165) is 22.4 Å². The molecule has 0 fully saturated rings. The molecule has 0 aliphatic carbocycles. The highest BCUT2D eigenvalue weighted by Gasteiger charge is 2.35. The van der Waals surface area contributed by atoms with Gasteiger partial charge in [-0.05, 0) is 37.1 Å². The molecule has 0 saturated heterocycles. The predicted molar refractivity (Wildman–Crippen MR) is 86.9 cm³/mol. The van der Waals surface area contributed by atoms with Gasteiger partial charge in [0, 0.05) is 11.3 Å². The van der Waals surface area contributed by atoms with Crippen LogP contribution in [0.5, 0.6) is 17.4 Å². The summed E-state index contributed by atoms with van der Waals surface area (Å²) in [4.78, 5) is 0. The van der Waals surface area contributed by atoms with Gasteiger partial charge in [-0.25, -0.2) is 0 Å². The maximum absolute atomic E-state index is 9.61. The second-order valence-electron chi connectivity index (χ2n) is 5.56. The van der Waals surface area contributed by atoms with Crippen molar-refractivity contribution in [1.29, 1.82) is 5.26 Å². The summed E-state index contributed by atoms with van der Waals surface area (Å²) in [6.07, 6.45) is 0. The number of allylic oxidation sites excluding steroid dienone is 1. The Kier molecular flexibility index (Phi) is 3.81. The second kappa shape index (κ2) is 5.81. The van der Waals surface area contributed by atoms with E-state index in [9.17, 15) is 5.26 Å². The molecule has 7 heteroatoms. The van der Waals surface area contributed by atoms with Gasteiger partial charge in [-0.1, -0.05) is 0 Å². The van der Waals surface area contributed by atoms with Gasteiger partial charge in [0.15, 0.2) is 11.5 Å². The number of ether oxygens (including phenoxy) is 3. The third-order valence-electron chi connectivity index (χ3n) is 4.21. The van der Waals surface area contributed by atoms with Gasteiger partial charge in [0.1, 0.15) is 11.6 Å². The minimum Gasteiger partial charge on any atom is -0.493 e. The lowest BCUT2D eigenvalue weighted by molar-refractivity contribution is 0.353. The smallest absolute Gasteiger partial charge is 0.244 e. The van der Waals surface area contributed by atoms with Crippen LogP contribution in [0.1, 0.15) is 28.3 Å². The van der Waals surface area contributed by atoms with Crippen LogP contribution in [0.3, 0.4) is 0 Å². The predicted octanol–water partition coefficient (Wildman–Crippen LogP) is 2.26. The number of benzene rings is 1. The van der Waals surface area contributed by atoms with Crippen LogP contribution in [-0.4, -0.2) is 24.4 Å². The van der Waals surface area contributed by atoms with Gasteiger partial charge in [-0.2, -0.15) is 5.26 Å². The number of methoxy groups -OCH3 is 2. The number of H-pyrrole nitrogens is 1. The summed E-state index contributed by atoms with van der Waals surface area (Å²) >= 11 is 0. The Morgan fingerprint density at radius 3 is 2.54 bits per heavy atom. The molecule has 1 aromatic carbocycles. The highest BCUT2D eigenvalue weighted by molar-refractivity contribution is 5.59. The summed E-state index contributed by atoms with van der Waals surface area (Å²) in [6, 6.07) is 5.91. The van der Waals surface area contributed by atoms with Crippen LogP contribution >= 0.6 is 0 Å². The van der Waals surface area contributed by atoms with E-state index in [1.165, 1.54) is 0 Å². The monoisotopic (exact) mass is 326 g/mol. The second-order valence-corrected chi connectivity index (χ2v) is 5.56. The zero-order chi connectivity index (χ0) is 17.4. The topological polar surface area (TPSA) is 106 Å². The van der Waals surface area contributed by atoms with E-state index in [4.69, 9.17) is 19.9 Å². The Morgan fingerprint density at radius 2 is 1.92 bits per heavy atom. The number of nitriles is 1. The Bertz CT molecular complexity index is 877. The molecule has 0 amide bonds. The SMILES string of the molecule is COc1cc(C)c([C@H]2C(C#N)=C(N)Oc3n[nH]c(C)c32)cc1OC. The van der Waals surface area contributed by atoms with E-state index in [1.807, 2.05) is 26.0 Å². The van der Waals surface area contributed by atoms with Crippen molar-refractivity contribution in [3.05, 3.63) is 46.0 Å². The van der Waals surface area contributed by atoms with E-state index in [1.54, 1.807) is 14.2 Å². The van der Waals surface area contributed by atoms with Crippen molar-refractivity contribution in [3.8, 4) is 23.4 Å². The average Bonchev–Trinajstić information content (AvgIpc) is 2.94. The molecule has 0 radical (unpaired) electrons. The largest absolute Gasteiger partial charge is 0.493 e. The first-order valence-electron chi connectivity index (χ1n) is 7.36. The van der Waals surface area contributed by atoms with Gasteiger partial charge >= 0.3 is 0 Å². The van der Waals surface area contributed by atoms with E-state index < -0.39 is 0 Å². The first kappa shape index (κ1) is 15.7. The van der Waals surface area contributed by atoms with Crippen LogP contribution in [0.25, 0.3) is 0 Å². The molecule has 0 spiro atoms. The lowest BCUT2D eigenvalue weighted by atomic mass is 9.82. The molecular formula is C17H18N4O3. The highest BCUT2D eigenvalue weighted by atomic mass is 16.5. The number of aromatic amines is 1. The molecule has 2 aromatic rings. The summed E-state index contributed by atoms with van der Waals surface area (Å²) < 4.78 is 16.2. The summed E-state index contributed by atoms with van der Waals surface area (Å²) in [7, 11) is 3.16. The number of aryl methyl sites for hydroxylation is 2. The molecule has 24 heavy (non-hydrogen) atoms. The van der Waals surface area contributed by atoms with E-state index >= 15 is 0 Å². The standard InChI is InChI=1S/C17H18N4O3/c1-8-5-12(22-3)13(23-4)6-10(8)15-11(7-18)16(19)24-17-14(15)9(2)20-21-17/h5-6,15H,19H2,1-4H3,(H,20,21)/t15-/m0/s1. The van der Waals surface area contributed by atoms with Crippen molar-refractivity contribution in [2.75, 3.05) is 14.2 Å². The Hall–Kier alpha value is -3.14. The number of nitrogens with zero attached hydrogens (tertiary/aromatic N) is 2. The quantitative estimate of drug-likeness (QED) is 0.896. The minimum absolute atomic E-state index is 0.0654. The number of fused-ring (bicyclic) bond motifs is 1. The van der Waals surface area contributed by atoms with E-state index in [-0.39, 0.29) is 11.8 Å². The zero-order valence-corrected chi connectivity index (χ0v) is 13.9. The van der Waals surface area contributed by atoms with Gasteiger partial charge in [0.25, 0.3) is 0 Å². The minimum atomic E-state index is -0.377. The van der Waals surface area contributed by atoms with Crippen molar-refractivity contribution < 1.29 is 14.2 Å². The maximum Gasteiger partial charge on any atom is 0.244 e. The number of aromatic nitrogens is 2. The summed E-state index contributed by atoms with van der Waals surface area (Å²) in [5.74, 6) is 1.30. The first-order chi connectivity index (χ1) is 11.5. The van der Waals surface area contributed by atoms with Crippen molar-refractivity contribution in [1.82, 2.24) is 10.2 Å². The van der Waals surface area contributed by atoms with Crippen molar-refractivity contribution in [2.45, 2.75) is 19.8 Å². The van der Waals surface area contributed by atoms with Crippen LogP contribution in [0.4, 0.5) is 0 Å². The molecule has 1 aromatic heterocycles. The third kappa shape index (κ3) is 2.24. The van der Waals surface area contributed by atoms with Gasteiger partial charge in [-0.15, -0.1) is 5.10 Å². The lowest BCUT2D eigenvalue weighted by Gasteiger charge is -2.25. The molecule has 0 saturated carbocycles. The van der Waals surface area contributed by atoms with Crippen molar-refractivity contribution >= 4 is 0 Å². The van der Waals surface area contributed by atoms with Crippen LogP contribution < -0.4 is 19.9 Å². The van der Waals surface area contributed by atoms with Crippen molar-refractivity contribution in [3.63, 3.8) is 0 Å². The molecule has 0 unspecified atom stereocenters. The lowest BCUT2D eigenvalue weighted by Crippen LogP contribution is -2.21. The van der Waals surface area contributed by atoms with Gasteiger partial charge in [-0.3, -0.25) is 5.10 Å². The normalized spacial score (nSPS) is 16.2. The van der Waals surface area contributed by atoms with Crippen LogP contribution in [0.15, 0.2) is 23.6 Å². The van der Waals surface area contributed by atoms with Crippen LogP contribution in [-0.2, 0) is 0 Å². The number of nitrogens with two attached hydrogens (primary N) is 1. The molecule has 3 rings (SSSR count). The average molecular weight is 326 g/mol. The number of nitrogens with one attached hydrogen (secondary N) is 1. The van der Waals surface area contributed by atoms with Crippen LogP contribution in [0.2, 0.25) is 0 Å². The van der Waals surface area contributed by atoms with Gasteiger partial charge in [0.2, 0.25) is 11.8 Å². The van der Waals surface area contributed by atoms with Crippen molar-refractivity contribution in [2.24, 2.45) is 5.73 Å². The molecule has 1 atom stereocenters. The molecule has 124 valence electrons. The fourth-order valence-electron chi connectivity index (χ4n) is 3.02. The fraction of sp³-hybridized carbons (Fsp3) is 0.294. The van der Waals surface area contributed by atoms with Gasteiger partial charge < -0.3 is 19.9 Å². The zero-order valence-electron chi connectivity index (χ0n) is 13.9. The number of rotatable bonds is 3. The van der Waals surface area contributed by atoms with Crippen LogP contribution in [0, 0.1) is 25.2 Å². The fourth-order valence-corrected chi connectivity index (χ4v) is 3.02. The van der Waals surface area contributed by atoms with Gasteiger partial charge in [0.05, 0.1) is 20.1 Å². The van der Waals surface area contributed by atoms with E-state index in [2.05, 4.69) is 16.3 Å². The molecule has 1 aliphatic heterocycles. The summed E-state index contributed by atoms with van der Waals surface area (Å²) in [5.41, 5.74) is 9.76. The molecule has 1 aliphatic rings.